The van der Waals surface area contributed by atoms with Gasteiger partial charge in [-0.3, -0.25) is 0 Å². The highest BCUT2D eigenvalue weighted by molar-refractivity contribution is 5.26. The summed E-state index contributed by atoms with van der Waals surface area (Å²) in [5, 5.41) is 8.62. The number of aryl methyl sites for hydroxylation is 2. The molecular weight excluding hydrogens is 228 g/mol. The van der Waals surface area contributed by atoms with Gasteiger partial charge in [0.15, 0.2) is 6.61 Å². The van der Waals surface area contributed by atoms with Crippen molar-refractivity contribution >= 4 is 0 Å². The summed E-state index contributed by atoms with van der Waals surface area (Å²) >= 11 is 0. The molecule has 0 aliphatic carbocycles. The van der Waals surface area contributed by atoms with Gasteiger partial charge in [0, 0.05) is 0 Å². The van der Waals surface area contributed by atoms with Gasteiger partial charge in [-0.15, -0.1) is 0 Å². The number of nitrogens with zero attached hydrogens (tertiary/aromatic N) is 2. The van der Waals surface area contributed by atoms with Crippen LogP contribution in [0.5, 0.6) is 5.75 Å². The van der Waals surface area contributed by atoms with Crippen LogP contribution in [0.2, 0.25) is 0 Å². The summed E-state index contributed by atoms with van der Waals surface area (Å²) in [6.45, 7) is 4.10. The van der Waals surface area contributed by atoms with E-state index in [4.69, 9.17) is 14.4 Å². The Morgan fingerprint density at radius 2 is 2.00 bits per heavy atom. The summed E-state index contributed by atoms with van der Waals surface area (Å²) in [5.41, 5.74) is 1.87. The first-order valence-electron chi connectivity index (χ1n) is 5.70. The molecular formula is C14H14N2O2. The second-order valence-electron chi connectivity index (χ2n) is 4.05. The third-order valence-electron chi connectivity index (χ3n) is 2.57. The van der Waals surface area contributed by atoms with E-state index in [9.17, 15) is 0 Å². The van der Waals surface area contributed by atoms with E-state index >= 15 is 0 Å². The molecule has 2 rings (SSSR count). The number of hydrogen-bond donors (Lipinski definition) is 0. The molecule has 0 amide bonds. The minimum atomic E-state index is 0.264. The Kier molecular flexibility index (Phi) is 3.63. The molecule has 0 saturated heterocycles. The molecule has 0 radical (unpaired) electrons. The van der Waals surface area contributed by atoms with E-state index in [1.165, 1.54) is 5.56 Å². The number of ether oxygens (including phenoxy) is 1. The van der Waals surface area contributed by atoms with E-state index in [2.05, 4.69) is 11.1 Å². The maximum absolute atomic E-state index is 8.62. The van der Waals surface area contributed by atoms with Crippen molar-refractivity contribution in [2.24, 2.45) is 0 Å². The number of rotatable bonds is 4. The zero-order valence-corrected chi connectivity index (χ0v) is 10.4. The fraction of sp³-hybridized carbons (Fsp3) is 0.286. The highest BCUT2D eigenvalue weighted by Gasteiger charge is 2.09. The normalized spacial score (nSPS) is 10.1. The van der Waals surface area contributed by atoms with Gasteiger partial charge < -0.3 is 9.15 Å². The monoisotopic (exact) mass is 242 g/mol. The molecule has 1 aromatic heterocycles. The SMILES string of the molecule is Cc1ccc(OCc2nc(CC#N)c(C)o2)cc1. The van der Waals surface area contributed by atoms with E-state index in [1.807, 2.05) is 31.2 Å². The quantitative estimate of drug-likeness (QED) is 0.827. The zero-order valence-electron chi connectivity index (χ0n) is 10.4. The molecule has 4 nitrogen and oxygen atoms in total. The van der Waals surface area contributed by atoms with E-state index < -0.39 is 0 Å². The predicted octanol–water partition coefficient (Wildman–Crippen LogP) is 2.94. The van der Waals surface area contributed by atoms with Crippen LogP contribution in [0.25, 0.3) is 0 Å². The first kappa shape index (κ1) is 12.2. The topological polar surface area (TPSA) is 59.0 Å². The molecule has 2 aromatic rings. The second-order valence-corrected chi connectivity index (χ2v) is 4.05. The zero-order chi connectivity index (χ0) is 13.0. The Morgan fingerprint density at radius 1 is 1.28 bits per heavy atom. The van der Waals surface area contributed by atoms with E-state index in [-0.39, 0.29) is 13.0 Å². The highest BCUT2D eigenvalue weighted by atomic mass is 16.5. The molecule has 18 heavy (non-hydrogen) atoms. The Hall–Kier alpha value is -2.28. The fourth-order valence-corrected chi connectivity index (χ4v) is 1.57. The third-order valence-corrected chi connectivity index (χ3v) is 2.57. The van der Waals surface area contributed by atoms with Crippen molar-refractivity contribution in [2.45, 2.75) is 26.9 Å². The van der Waals surface area contributed by atoms with Crippen molar-refractivity contribution < 1.29 is 9.15 Å². The molecule has 0 aliphatic rings. The van der Waals surface area contributed by atoms with Crippen LogP contribution in [0.1, 0.15) is 22.9 Å². The average Bonchev–Trinajstić information content (AvgIpc) is 2.70. The van der Waals surface area contributed by atoms with Crippen LogP contribution in [-0.2, 0) is 13.0 Å². The minimum absolute atomic E-state index is 0.264. The van der Waals surface area contributed by atoms with Crippen molar-refractivity contribution in [3.63, 3.8) is 0 Å². The fourth-order valence-electron chi connectivity index (χ4n) is 1.57. The van der Waals surface area contributed by atoms with Crippen molar-refractivity contribution in [3.05, 3.63) is 47.2 Å². The number of oxazole rings is 1. The van der Waals surface area contributed by atoms with Crippen molar-refractivity contribution in [2.75, 3.05) is 0 Å². The molecule has 1 heterocycles. The lowest BCUT2D eigenvalue weighted by molar-refractivity contribution is 0.260. The number of nitriles is 1. The lowest BCUT2D eigenvalue weighted by Crippen LogP contribution is -1.96. The number of hydrogen-bond acceptors (Lipinski definition) is 4. The van der Waals surface area contributed by atoms with Gasteiger partial charge in [0.05, 0.1) is 18.2 Å². The van der Waals surface area contributed by atoms with Crippen molar-refractivity contribution in [3.8, 4) is 11.8 Å². The molecule has 0 saturated carbocycles. The van der Waals surface area contributed by atoms with E-state index in [0.717, 1.165) is 5.75 Å². The Labute approximate surface area is 106 Å². The lowest BCUT2D eigenvalue weighted by Gasteiger charge is -2.03. The van der Waals surface area contributed by atoms with Gasteiger partial charge in [-0.1, -0.05) is 17.7 Å². The number of benzene rings is 1. The van der Waals surface area contributed by atoms with Gasteiger partial charge in [0.2, 0.25) is 5.89 Å². The van der Waals surface area contributed by atoms with Gasteiger partial charge in [0.25, 0.3) is 0 Å². The predicted molar refractivity (Wildman–Crippen MR) is 66.1 cm³/mol. The van der Waals surface area contributed by atoms with Crippen LogP contribution in [-0.4, -0.2) is 4.98 Å². The molecule has 0 spiro atoms. The molecule has 92 valence electrons. The average molecular weight is 242 g/mol. The van der Waals surface area contributed by atoms with Crippen LogP contribution >= 0.6 is 0 Å². The van der Waals surface area contributed by atoms with Gasteiger partial charge >= 0.3 is 0 Å². The number of aromatic nitrogens is 1. The first-order valence-corrected chi connectivity index (χ1v) is 5.70. The summed E-state index contributed by atoms with van der Waals surface area (Å²) in [5.74, 6) is 1.95. The Balaban J connectivity index is 2.00. The summed E-state index contributed by atoms with van der Waals surface area (Å²) < 4.78 is 11.0. The van der Waals surface area contributed by atoms with Gasteiger partial charge in [0.1, 0.15) is 11.5 Å². The third kappa shape index (κ3) is 2.89. The Bertz CT molecular complexity index is 564. The molecule has 1 aromatic carbocycles. The van der Waals surface area contributed by atoms with Crippen LogP contribution in [0, 0.1) is 25.2 Å². The molecule has 0 bridgehead atoms. The van der Waals surface area contributed by atoms with Crippen LogP contribution in [0.4, 0.5) is 0 Å². The molecule has 4 heteroatoms. The maximum Gasteiger partial charge on any atom is 0.232 e. The second kappa shape index (κ2) is 5.37. The maximum atomic E-state index is 8.62. The van der Waals surface area contributed by atoms with Crippen LogP contribution in [0.15, 0.2) is 28.7 Å². The highest BCUT2D eigenvalue weighted by Crippen LogP contribution is 2.15. The molecule has 0 fully saturated rings. The van der Waals surface area contributed by atoms with Crippen LogP contribution < -0.4 is 4.74 Å². The summed E-state index contributed by atoms with van der Waals surface area (Å²) in [6.07, 6.45) is 0.264. The van der Waals surface area contributed by atoms with E-state index in [1.54, 1.807) is 6.92 Å². The van der Waals surface area contributed by atoms with Gasteiger partial charge in [-0.05, 0) is 26.0 Å². The summed E-state index contributed by atoms with van der Waals surface area (Å²) in [7, 11) is 0. The van der Waals surface area contributed by atoms with Crippen LogP contribution in [0.3, 0.4) is 0 Å². The summed E-state index contributed by atoms with van der Waals surface area (Å²) in [6, 6.07) is 9.83. The van der Waals surface area contributed by atoms with Gasteiger partial charge in [-0.25, -0.2) is 4.98 Å². The smallest absolute Gasteiger partial charge is 0.232 e. The summed E-state index contributed by atoms with van der Waals surface area (Å²) in [4.78, 5) is 4.22. The minimum Gasteiger partial charge on any atom is -0.484 e. The molecule has 0 unspecified atom stereocenters. The molecule has 0 atom stereocenters. The lowest BCUT2D eigenvalue weighted by atomic mass is 10.2. The first-order chi connectivity index (χ1) is 8.69. The largest absolute Gasteiger partial charge is 0.484 e. The standard InChI is InChI=1S/C14H14N2O2/c1-10-3-5-12(6-4-10)17-9-14-16-13(7-8-15)11(2)18-14/h3-6H,7,9H2,1-2H3. The van der Waals surface area contributed by atoms with Crippen molar-refractivity contribution in [1.29, 1.82) is 5.26 Å². The van der Waals surface area contributed by atoms with Crippen molar-refractivity contribution in [1.82, 2.24) is 4.98 Å². The van der Waals surface area contributed by atoms with Gasteiger partial charge in [-0.2, -0.15) is 5.26 Å². The molecule has 0 N–H and O–H groups in total. The molecule has 0 aliphatic heterocycles. The Morgan fingerprint density at radius 3 is 2.67 bits per heavy atom. The van der Waals surface area contributed by atoms with E-state index in [0.29, 0.717) is 17.3 Å².